The van der Waals surface area contributed by atoms with Crippen molar-refractivity contribution in [3.8, 4) is 10.7 Å². The van der Waals surface area contributed by atoms with E-state index >= 15 is 0 Å². The number of carbonyl (C=O) groups is 1. The van der Waals surface area contributed by atoms with Gasteiger partial charge in [0, 0.05) is 12.1 Å². The van der Waals surface area contributed by atoms with Crippen molar-refractivity contribution >= 4 is 44.8 Å². The molecule has 0 bridgehead atoms. The number of para-hydroxylation sites is 1. The Morgan fingerprint density at radius 2 is 1.96 bits per heavy atom. The molecular weight excluding hydrogens is 368 g/mol. The van der Waals surface area contributed by atoms with Gasteiger partial charge in [0.15, 0.2) is 5.82 Å². The summed E-state index contributed by atoms with van der Waals surface area (Å²) in [6.07, 6.45) is 0. The van der Waals surface area contributed by atoms with E-state index in [-0.39, 0.29) is 11.5 Å². The van der Waals surface area contributed by atoms with E-state index in [4.69, 9.17) is 0 Å². The van der Waals surface area contributed by atoms with E-state index in [9.17, 15) is 9.59 Å². The number of fused-ring (bicyclic) bond motifs is 2. The maximum atomic E-state index is 12.9. The number of hydrogen-bond donors (Lipinski definition) is 0. The minimum absolute atomic E-state index is 0.145. The fourth-order valence-corrected chi connectivity index (χ4v) is 4.86. The van der Waals surface area contributed by atoms with Crippen LogP contribution >= 0.6 is 22.7 Å². The maximum Gasteiger partial charge on any atom is 0.291 e. The van der Waals surface area contributed by atoms with Crippen LogP contribution in [-0.4, -0.2) is 27.0 Å². The van der Waals surface area contributed by atoms with Crippen LogP contribution in [0.1, 0.15) is 12.5 Å². The van der Waals surface area contributed by atoms with Gasteiger partial charge in [0.05, 0.1) is 16.1 Å². The topological polar surface area (TPSA) is 67.6 Å². The number of benzene rings is 1. The summed E-state index contributed by atoms with van der Waals surface area (Å²) < 4.78 is 1.69. The summed E-state index contributed by atoms with van der Waals surface area (Å²) in [7, 11) is 0. The number of anilines is 1. The van der Waals surface area contributed by atoms with Crippen molar-refractivity contribution in [1.82, 2.24) is 14.6 Å². The van der Waals surface area contributed by atoms with Crippen LogP contribution in [0, 0.1) is 0 Å². The van der Waals surface area contributed by atoms with Crippen LogP contribution in [0.15, 0.2) is 46.6 Å². The van der Waals surface area contributed by atoms with Gasteiger partial charge >= 0.3 is 0 Å². The van der Waals surface area contributed by atoms with Gasteiger partial charge in [0.1, 0.15) is 4.53 Å². The SMILES string of the molecule is CCN1C(=O)/C(=c2\sc3nc(-c4cccs4)nn3c2=O)c2ccccc21. The van der Waals surface area contributed by atoms with Crippen LogP contribution in [0.2, 0.25) is 0 Å². The molecule has 4 aromatic rings. The Kier molecular flexibility index (Phi) is 3.31. The number of carbonyl (C=O) groups excluding carboxylic acids is 1. The van der Waals surface area contributed by atoms with Crippen molar-refractivity contribution < 1.29 is 4.79 Å². The van der Waals surface area contributed by atoms with E-state index < -0.39 is 0 Å². The molecule has 0 unspecified atom stereocenters. The Hall–Kier alpha value is -2.84. The monoisotopic (exact) mass is 380 g/mol. The first-order valence-corrected chi connectivity index (χ1v) is 9.77. The molecule has 26 heavy (non-hydrogen) atoms. The molecule has 3 aromatic heterocycles. The van der Waals surface area contributed by atoms with Crippen molar-refractivity contribution in [2.75, 3.05) is 11.4 Å². The molecule has 6 nitrogen and oxygen atoms in total. The normalized spacial score (nSPS) is 15.9. The van der Waals surface area contributed by atoms with Gasteiger partial charge in [-0.2, -0.15) is 9.50 Å². The molecule has 4 heterocycles. The molecule has 1 aliphatic rings. The van der Waals surface area contributed by atoms with E-state index in [0.29, 0.717) is 27.4 Å². The number of amides is 1. The lowest BCUT2D eigenvalue weighted by molar-refractivity contribution is -0.113. The van der Waals surface area contributed by atoms with Crippen molar-refractivity contribution in [1.29, 1.82) is 0 Å². The molecule has 5 rings (SSSR count). The van der Waals surface area contributed by atoms with Crippen LogP contribution in [0.5, 0.6) is 0 Å². The first-order chi connectivity index (χ1) is 12.7. The Morgan fingerprint density at radius 1 is 1.12 bits per heavy atom. The molecule has 1 amide bonds. The highest BCUT2D eigenvalue weighted by molar-refractivity contribution is 7.15. The highest BCUT2D eigenvalue weighted by Crippen LogP contribution is 2.34. The Labute approximate surface area is 155 Å². The van der Waals surface area contributed by atoms with E-state index in [2.05, 4.69) is 10.1 Å². The summed E-state index contributed by atoms with van der Waals surface area (Å²) >= 11 is 2.74. The predicted molar refractivity (Wildman–Crippen MR) is 103 cm³/mol. The van der Waals surface area contributed by atoms with Gasteiger partial charge in [-0.15, -0.1) is 16.4 Å². The van der Waals surface area contributed by atoms with Gasteiger partial charge in [0.25, 0.3) is 11.5 Å². The fraction of sp³-hybridized carbons (Fsp3) is 0.111. The number of thiazole rings is 1. The summed E-state index contributed by atoms with van der Waals surface area (Å²) in [5, 5.41) is 6.28. The van der Waals surface area contributed by atoms with Crippen LogP contribution in [0.3, 0.4) is 0 Å². The van der Waals surface area contributed by atoms with Crippen LogP contribution in [0.4, 0.5) is 5.69 Å². The molecular formula is C18H12N4O2S2. The molecule has 0 saturated carbocycles. The quantitative estimate of drug-likeness (QED) is 0.535. The average Bonchev–Trinajstić information content (AvgIpc) is 3.39. The molecule has 0 N–H and O–H groups in total. The molecule has 0 aliphatic carbocycles. The molecule has 1 aliphatic heterocycles. The zero-order chi connectivity index (χ0) is 17.8. The number of likely N-dealkylation sites (N-methyl/N-ethyl adjacent to an activating group) is 1. The van der Waals surface area contributed by atoms with E-state index in [1.165, 1.54) is 27.2 Å². The molecule has 128 valence electrons. The van der Waals surface area contributed by atoms with Crippen molar-refractivity contribution in [3.63, 3.8) is 0 Å². The van der Waals surface area contributed by atoms with Crippen LogP contribution in [0.25, 0.3) is 21.2 Å². The molecule has 0 fully saturated rings. The third kappa shape index (κ3) is 2.03. The largest absolute Gasteiger partial charge is 0.308 e. The zero-order valence-corrected chi connectivity index (χ0v) is 15.3. The summed E-state index contributed by atoms with van der Waals surface area (Å²) in [4.78, 5) is 33.4. The van der Waals surface area contributed by atoms with Crippen molar-refractivity contribution in [2.24, 2.45) is 0 Å². The lowest BCUT2D eigenvalue weighted by atomic mass is 10.1. The first kappa shape index (κ1) is 15.4. The number of rotatable bonds is 2. The van der Waals surface area contributed by atoms with Crippen LogP contribution < -0.4 is 15.0 Å². The number of hydrogen-bond acceptors (Lipinski definition) is 6. The number of aromatic nitrogens is 3. The summed E-state index contributed by atoms with van der Waals surface area (Å²) in [5.41, 5.74) is 1.78. The fourth-order valence-electron chi connectivity index (χ4n) is 3.21. The molecule has 0 spiro atoms. The van der Waals surface area contributed by atoms with Crippen molar-refractivity contribution in [2.45, 2.75) is 6.92 Å². The second kappa shape index (κ2) is 5.58. The Morgan fingerprint density at radius 3 is 2.69 bits per heavy atom. The summed E-state index contributed by atoms with van der Waals surface area (Å²) in [6, 6.07) is 11.4. The minimum atomic E-state index is -0.295. The predicted octanol–water partition coefficient (Wildman–Crippen LogP) is 2.16. The first-order valence-electron chi connectivity index (χ1n) is 8.08. The number of thiophene rings is 1. The standard InChI is InChI=1S/C18H12N4O2S2/c1-2-21-11-7-4-3-6-10(11)13(16(21)23)14-17(24)22-18(26-14)19-15(20-22)12-8-5-9-25-12/h3-9H,2H2,1H3/b14-13-. The van der Waals surface area contributed by atoms with Crippen LogP contribution in [-0.2, 0) is 4.79 Å². The molecule has 1 aromatic carbocycles. The Bertz CT molecular complexity index is 1270. The highest BCUT2D eigenvalue weighted by atomic mass is 32.1. The van der Waals surface area contributed by atoms with Gasteiger partial charge in [0.2, 0.25) is 4.96 Å². The lowest BCUT2D eigenvalue weighted by Crippen LogP contribution is -2.32. The second-order valence-electron chi connectivity index (χ2n) is 5.78. The average molecular weight is 380 g/mol. The highest BCUT2D eigenvalue weighted by Gasteiger charge is 2.33. The summed E-state index contributed by atoms with van der Waals surface area (Å²) in [6.45, 7) is 2.47. The molecule has 0 atom stereocenters. The van der Waals surface area contributed by atoms with E-state index in [1.807, 2.05) is 48.7 Å². The Balaban J connectivity index is 1.79. The van der Waals surface area contributed by atoms with Gasteiger partial charge in [-0.05, 0) is 24.4 Å². The zero-order valence-electron chi connectivity index (χ0n) is 13.7. The molecule has 0 radical (unpaired) electrons. The lowest BCUT2D eigenvalue weighted by Gasteiger charge is -2.13. The molecule has 8 heteroatoms. The van der Waals surface area contributed by atoms with E-state index in [1.54, 1.807) is 4.90 Å². The molecule has 0 saturated heterocycles. The van der Waals surface area contributed by atoms with Gasteiger partial charge in [-0.25, -0.2) is 0 Å². The second-order valence-corrected chi connectivity index (χ2v) is 7.71. The van der Waals surface area contributed by atoms with Gasteiger partial charge < -0.3 is 4.90 Å². The third-order valence-electron chi connectivity index (χ3n) is 4.37. The number of nitrogens with zero attached hydrogens (tertiary/aromatic N) is 4. The third-order valence-corrected chi connectivity index (χ3v) is 6.26. The minimum Gasteiger partial charge on any atom is -0.308 e. The maximum absolute atomic E-state index is 12.9. The van der Waals surface area contributed by atoms with Gasteiger partial charge in [-0.3, -0.25) is 9.59 Å². The smallest absolute Gasteiger partial charge is 0.291 e. The summed E-state index contributed by atoms with van der Waals surface area (Å²) in [5.74, 6) is 0.391. The van der Waals surface area contributed by atoms with Gasteiger partial charge in [-0.1, -0.05) is 35.6 Å². The van der Waals surface area contributed by atoms with Crippen molar-refractivity contribution in [3.05, 3.63) is 62.2 Å². The van der Waals surface area contributed by atoms with E-state index in [0.717, 1.165) is 16.1 Å².